The summed E-state index contributed by atoms with van der Waals surface area (Å²) in [5.41, 5.74) is 10.4. The van der Waals surface area contributed by atoms with Crippen LogP contribution in [0.4, 0.5) is 5.82 Å². The molecular weight excluding hydrogens is 330 g/mol. The molecule has 0 fully saturated rings. The van der Waals surface area contributed by atoms with Crippen LogP contribution in [0.5, 0.6) is 0 Å². The SMILES string of the molecule is Nc1nc(Cl)nc2cccc(C(c3ccccc3)c3ccccc3)c12. The molecule has 4 heteroatoms. The molecule has 3 nitrogen and oxygen atoms in total. The van der Waals surface area contributed by atoms with E-state index in [0.717, 1.165) is 16.5 Å². The summed E-state index contributed by atoms with van der Waals surface area (Å²) in [6, 6.07) is 26.7. The Balaban J connectivity index is 2.03. The number of nitrogen functional groups attached to an aromatic ring is 1. The highest BCUT2D eigenvalue weighted by Gasteiger charge is 2.21. The molecular formula is C21H16ClN3. The number of nitrogens with two attached hydrogens (primary N) is 1. The zero-order chi connectivity index (χ0) is 17.2. The fourth-order valence-electron chi connectivity index (χ4n) is 3.29. The molecule has 1 aromatic heterocycles. The van der Waals surface area contributed by atoms with Crippen molar-refractivity contribution in [2.75, 3.05) is 5.73 Å². The molecule has 0 aliphatic heterocycles. The molecule has 3 aromatic carbocycles. The Morgan fingerprint density at radius 3 is 1.92 bits per heavy atom. The van der Waals surface area contributed by atoms with Crippen molar-refractivity contribution in [1.82, 2.24) is 9.97 Å². The predicted octanol–water partition coefficient (Wildman–Crippen LogP) is 5.05. The molecule has 1 heterocycles. The van der Waals surface area contributed by atoms with E-state index in [4.69, 9.17) is 17.3 Å². The van der Waals surface area contributed by atoms with Crippen LogP contribution in [-0.2, 0) is 0 Å². The topological polar surface area (TPSA) is 51.8 Å². The largest absolute Gasteiger partial charge is 0.383 e. The molecule has 0 aliphatic rings. The van der Waals surface area contributed by atoms with Crippen molar-refractivity contribution in [3.05, 3.63) is 101 Å². The Labute approximate surface area is 151 Å². The summed E-state index contributed by atoms with van der Waals surface area (Å²) in [7, 11) is 0. The maximum atomic E-state index is 6.22. The molecule has 0 aliphatic carbocycles. The monoisotopic (exact) mass is 345 g/mol. The van der Waals surface area contributed by atoms with Crippen LogP contribution in [0.25, 0.3) is 10.9 Å². The lowest BCUT2D eigenvalue weighted by Crippen LogP contribution is -2.06. The van der Waals surface area contributed by atoms with Gasteiger partial charge in [0.15, 0.2) is 0 Å². The van der Waals surface area contributed by atoms with Gasteiger partial charge in [-0.3, -0.25) is 0 Å². The van der Waals surface area contributed by atoms with Crippen molar-refractivity contribution in [3.63, 3.8) is 0 Å². The highest BCUT2D eigenvalue weighted by Crippen LogP contribution is 2.37. The number of nitrogens with zero attached hydrogens (tertiary/aromatic N) is 2. The van der Waals surface area contributed by atoms with Gasteiger partial charge in [-0.2, -0.15) is 0 Å². The first-order valence-corrected chi connectivity index (χ1v) is 8.43. The minimum atomic E-state index is 0.0400. The lowest BCUT2D eigenvalue weighted by molar-refractivity contribution is 0.987. The first kappa shape index (κ1) is 15.6. The third-order valence-corrected chi connectivity index (χ3v) is 4.50. The first-order chi connectivity index (χ1) is 12.2. The van der Waals surface area contributed by atoms with Gasteiger partial charge in [0.1, 0.15) is 5.82 Å². The summed E-state index contributed by atoms with van der Waals surface area (Å²) < 4.78 is 0. The fraction of sp³-hybridized carbons (Fsp3) is 0.0476. The molecule has 0 saturated carbocycles. The molecule has 0 amide bonds. The summed E-state index contributed by atoms with van der Waals surface area (Å²) in [5, 5.41) is 1.02. The standard InChI is InChI=1S/C21H16ClN3/c22-21-24-17-13-7-12-16(19(17)20(23)25-21)18(14-8-3-1-4-9-14)15-10-5-2-6-11-15/h1-13,18H,(H2,23,24,25). The van der Waals surface area contributed by atoms with Crippen molar-refractivity contribution in [3.8, 4) is 0 Å². The molecule has 25 heavy (non-hydrogen) atoms. The highest BCUT2D eigenvalue weighted by molar-refractivity contribution is 6.28. The maximum Gasteiger partial charge on any atom is 0.224 e. The van der Waals surface area contributed by atoms with E-state index in [2.05, 4.69) is 40.3 Å². The molecule has 0 spiro atoms. The molecule has 122 valence electrons. The molecule has 0 atom stereocenters. The second-order valence-electron chi connectivity index (χ2n) is 5.87. The van der Waals surface area contributed by atoms with Crippen LogP contribution in [-0.4, -0.2) is 9.97 Å². The van der Waals surface area contributed by atoms with Gasteiger partial charge < -0.3 is 5.73 Å². The fourth-order valence-corrected chi connectivity index (χ4v) is 3.47. The zero-order valence-electron chi connectivity index (χ0n) is 13.4. The number of anilines is 1. The van der Waals surface area contributed by atoms with Gasteiger partial charge in [-0.15, -0.1) is 0 Å². The van der Waals surface area contributed by atoms with Crippen molar-refractivity contribution < 1.29 is 0 Å². The molecule has 0 saturated heterocycles. The number of hydrogen-bond acceptors (Lipinski definition) is 3. The van der Waals surface area contributed by atoms with Crippen LogP contribution in [0.2, 0.25) is 5.28 Å². The van der Waals surface area contributed by atoms with Gasteiger partial charge >= 0.3 is 0 Å². The smallest absolute Gasteiger partial charge is 0.224 e. The minimum Gasteiger partial charge on any atom is -0.383 e. The molecule has 4 aromatic rings. The van der Waals surface area contributed by atoms with Gasteiger partial charge in [-0.25, -0.2) is 9.97 Å². The number of benzene rings is 3. The number of fused-ring (bicyclic) bond motifs is 1. The van der Waals surface area contributed by atoms with Crippen LogP contribution in [0.3, 0.4) is 0 Å². The van der Waals surface area contributed by atoms with Crippen LogP contribution < -0.4 is 5.73 Å². The van der Waals surface area contributed by atoms with Crippen molar-refractivity contribution >= 4 is 28.3 Å². The van der Waals surface area contributed by atoms with Crippen molar-refractivity contribution in [1.29, 1.82) is 0 Å². The average Bonchev–Trinajstić information content (AvgIpc) is 2.63. The van der Waals surface area contributed by atoms with Gasteiger partial charge in [-0.1, -0.05) is 72.8 Å². The van der Waals surface area contributed by atoms with E-state index in [-0.39, 0.29) is 11.2 Å². The lowest BCUT2D eigenvalue weighted by atomic mass is 9.83. The van der Waals surface area contributed by atoms with Crippen LogP contribution in [0.1, 0.15) is 22.6 Å². The Morgan fingerprint density at radius 1 is 0.720 bits per heavy atom. The lowest BCUT2D eigenvalue weighted by Gasteiger charge is -2.21. The molecule has 0 radical (unpaired) electrons. The molecule has 0 unspecified atom stereocenters. The van der Waals surface area contributed by atoms with Gasteiger partial charge in [0.2, 0.25) is 5.28 Å². The third-order valence-electron chi connectivity index (χ3n) is 4.33. The average molecular weight is 346 g/mol. The van der Waals surface area contributed by atoms with E-state index in [1.54, 1.807) is 0 Å². The minimum absolute atomic E-state index is 0.0400. The summed E-state index contributed by atoms with van der Waals surface area (Å²) in [4.78, 5) is 8.51. The van der Waals surface area contributed by atoms with E-state index in [1.807, 2.05) is 48.5 Å². The maximum absolute atomic E-state index is 6.22. The van der Waals surface area contributed by atoms with E-state index in [9.17, 15) is 0 Å². The Hall–Kier alpha value is -2.91. The Bertz CT molecular complexity index is 978. The van der Waals surface area contributed by atoms with Gasteiger partial charge in [0.05, 0.1) is 5.52 Å². The normalized spacial score (nSPS) is 11.1. The van der Waals surface area contributed by atoms with Crippen molar-refractivity contribution in [2.24, 2.45) is 0 Å². The highest BCUT2D eigenvalue weighted by atomic mass is 35.5. The van der Waals surface area contributed by atoms with E-state index in [0.29, 0.717) is 5.82 Å². The third kappa shape index (κ3) is 2.94. The van der Waals surface area contributed by atoms with Crippen molar-refractivity contribution in [2.45, 2.75) is 5.92 Å². The summed E-state index contributed by atoms with van der Waals surface area (Å²) in [6.07, 6.45) is 0. The van der Waals surface area contributed by atoms with Crippen LogP contribution in [0.15, 0.2) is 78.9 Å². The number of rotatable bonds is 3. The Morgan fingerprint density at radius 2 is 1.32 bits per heavy atom. The second-order valence-corrected chi connectivity index (χ2v) is 6.21. The van der Waals surface area contributed by atoms with Gasteiger partial charge in [0, 0.05) is 11.3 Å². The predicted molar refractivity (Wildman–Crippen MR) is 103 cm³/mol. The van der Waals surface area contributed by atoms with E-state index < -0.39 is 0 Å². The summed E-state index contributed by atoms with van der Waals surface area (Å²) >= 11 is 5.99. The van der Waals surface area contributed by atoms with Crippen LogP contribution in [0, 0.1) is 0 Å². The number of aromatic nitrogens is 2. The summed E-state index contributed by atoms with van der Waals surface area (Å²) in [6.45, 7) is 0. The van der Waals surface area contributed by atoms with Crippen LogP contribution >= 0.6 is 11.6 Å². The second kappa shape index (κ2) is 6.54. The number of hydrogen-bond donors (Lipinski definition) is 1. The molecule has 0 bridgehead atoms. The summed E-state index contributed by atoms with van der Waals surface area (Å²) in [5.74, 6) is 0.445. The molecule has 2 N–H and O–H groups in total. The quantitative estimate of drug-likeness (QED) is 0.418. The molecule has 4 rings (SSSR count). The van der Waals surface area contributed by atoms with E-state index in [1.165, 1.54) is 11.1 Å². The van der Waals surface area contributed by atoms with Gasteiger partial charge in [-0.05, 0) is 34.4 Å². The van der Waals surface area contributed by atoms with Gasteiger partial charge in [0.25, 0.3) is 0 Å². The zero-order valence-corrected chi connectivity index (χ0v) is 14.2. The van der Waals surface area contributed by atoms with E-state index >= 15 is 0 Å². The number of halogens is 1. The Kier molecular flexibility index (Phi) is 4.08. The first-order valence-electron chi connectivity index (χ1n) is 8.05.